The lowest BCUT2D eigenvalue weighted by molar-refractivity contribution is 0.0692. The van der Waals surface area contributed by atoms with Gasteiger partial charge in [-0.2, -0.15) is 0 Å². The summed E-state index contributed by atoms with van der Waals surface area (Å²) in [6.45, 7) is 4.31. The Labute approximate surface area is 104 Å². The third kappa shape index (κ3) is 2.25. The van der Waals surface area contributed by atoms with Gasteiger partial charge in [0.1, 0.15) is 5.82 Å². The summed E-state index contributed by atoms with van der Waals surface area (Å²) in [4.78, 5) is 14.8. The van der Waals surface area contributed by atoms with Gasteiger partial charge in [0.15, 0.2) is 0 Å². The van der Waals surface area contributed by atoms with Crippen LogP contribution >= 0.6 is 0 Å². The lowest BCUT2D eigenvalue weighted by Gasteiger charge is -2.07. The predicted octanol–water partition coefficient (Wildman–Crippen LogP) is 2.39. The number of imidazole rings is 1. The SMILES string of the molecule is Cc1ncn(Cc2ccc(C(=O)O)c(F)c2)c1C. The standard InChI is InChI=1S/C13H13FN2O2/c1-8-9(2)16(7-15-8)6-10-3-4-11(13(17)18)12(14)5-10/h3-5,7H,6H2,1-2H3,(H,17,18). The summed E-state index contributed by atoms with van der Waals surface area (Å²) in [6.07, 6.45) is 1.69. The minimum atomic E-state index is -1.26. The molecule has 0 saturated heterocycles. The van der Waals surface area contributed by atoms with E-state index >= 15 is 0 Å². The lowest BCUT2D eigenvalue weighted by atomic mass is 10.1. The van der Waals surface area contributed by atoms with Crippen LogP contribution in [0.4, 0.5) is 4.39 Å². The molecule has 1 N–H and O–H groups in total. The molecule has 2 rings (SSSR count). The molecule has 1 heterocycles. The smallest absolute Gasteiger partial charge is 0.338 e. The first-order chi connectivity index (χ1) is 8.49. The molecule has 2 aromatic rings. The average Bonchev–Trinajstić information content (AvgIpc) is 2.61. The highest BCUT2D eigenvalue weighted by molar-refractivity contribution is 5.87. The maximum atomic E-state index is 13.5. The van der Waals surface area contributed by atoms with Crippen LogP contribution in [0.2, 0.25) is 0 Å². The van der Waals surface area contributed by atoms with Crippen LogP contribution in [-0.2, 0) is 6.54 Å². The number of hydrogen-bond acceptors (Lipinski definition) is 2. The Morgan fingerprint density at radius 3 is 2.67 bits per heavy atom. The quantitative estimate of drug-likeness (QED) is 0.907. The zero-order valence-electron chi connectivity index (χ0n) is 10.1. The molecule has 0 spiro atoms. The van der Waals surface area contributed by atoms with Crippen molar-refractivity contribution in [3.63, 3.8) is 0 Å². The Kier molecular flexibility index (Phi) is 3.14. The average molecular weight is 248 g/mol. The fourth-order valence-electron chi connectivity index (χ4n) is 1.73. The first kappa shape index (κ1) is 12.3. The van der Waals surface area contributed by atoms with Crippen LogP contribution in [0.3, 0.4) is 0 Å². The van der Waals surface area contributed by atoms with Crippen molar-refractivity contribution in [1.82, 2.24) is 9.55 Å². The van der Waals surface area contributed by atoms with Crippen LogP contribution in [0.1, 0.15) is 27.3 Å². The molecule has 4 nitrogen and oxygen atoms in total. The molecule has 0 aliphatic heterocycles. The molecule has 0 aliphatic rings. The molecule has 94 valence electrons. The fourth-order valence-corrected chi connectivity index (χ4v) is 1.73. The van der Waals surface area contributed by atoms with E-state index in [2.05, 4.69) is 4.98 Å². The number of carbonyl (C=O) groups is 1. The van der Waals surface area contributed by atoms with Crippen LogP contribution in [0.5, 0.6) is 0 Å². The van der Waals surface area contributed by atoms with E-state index in [9.17, 15) is 9.18 Å². The van der Waals surface area contributed by atoms with E-state index in [4.69, 9.17) is 5.11 Å². The van der Waals surface area contributed by atoms with Gasteiger partial charge in [-0.25, -0.2) is 14.2 Å². The number of halogens is 1. The van der Waals surface area contributed by atoms with Crippen molar-refractivity contribution in [2.24, 2.45) is 0 Å². The number of aromatic nitrogens is 2. The lowest BCUT2D eigenvalue weighted by Crippen LogP contribution is -2.04. The van der Waals surface area contributed by atoms with Crippen molar-refractivity contribution in [2.75, 3.05) is 0 Å². The largest absolute Gasteiger partial charge is 0.478 e. The second-order valence-electron chi connectivity index (χ2n) is 4.16. The molecule has 5 heteroatoms. The van der Waals surface area contributed by atoms with Gasteiger partial charge in [0.2, 0.25) is 0 Å². The second-order valence-corrected chi connectivity index (χ2v) is 4.16. The van der Waals surface area contributed by atoms with Crippen molar-refractivity contribution in [3.8, 4) is 0 Å². The summed E-state index contributed by atoms with van der Waals surface area (Å²) < 4.78 is 15.4. The Hall–Kier alpha value is -2.17. The summed E-state index contributed by atoms with van der Waals surface area (Å²) in [7, 11) is 0. The molecule has 0 atom stereocenters. The van der Waals surface area contributed by atoms with E-state index in [1.165, 1.54) is 12.1 Å². The molecular formula is C13H13FN2O2. The molecule has 0 bridgehead atoms. The van der Waals surface area contributed by atoms with Gasteiger partial charge in [0, 0.05) is 12.2 Å². The maximum absolute atomic E-state index is 13.5. The van der Waals surface area contributed by atoms with E-state index in [0.717, 1.165) is 11.4 Å². The van der Waals surface area contributed by atoms with Crippen LogP contribution in [0.25, 0.3) is 0 Å². The van der Waals surface area contributed by atoms with E-state index in [-0.39, 0.29) is 5.56 Å². The van der Waals surface area contributed by atoms with Crippen molar-refractivity contribution in [2.45, 2.75) is 20.4 Å². The summed E-state index contributed by atoms with van der Waals surface area (Å²) in [5.74, 6) is -1.97. The van der Waals surface area contributed by atoms with Crippen molar-refractivity contribution in [1.29, 1.82) is 0 Å². The molecule has 0 saturated carbocycles. The number of carboxylic acid groups (broad SMARTS) is 1. The third-order valence-corrected chi connectivity index (χ3v) is 2.96. The molecule has 1 aromatic heterocycles. The highest BCUT2D eigenvalue weighted by atomic mass is 19.1. The molecule has 0 amide bonds. The zero-order valence-corrected chi connectivity index (χ0v) is 10.1. The van der Waals surface area contributed by atoms with Gasteiger partial charge in [-0.15, -0.1) is 0 Å². The number of aromatic carboxylic acids is 1. The Balaban J connectivity index is 2.28. The predicted molar refractivity (Wildman–Crippen MR) is 64.2 cm³/mol. The maximum Gasteiger partial charge on any atom is 0.338 e. The highest BCUT2D eigenvalue weighted by Gasteiger charge is 2.11. The summed E-state index contributed by atoms with van der Waals surface area (Å²) in [5.41, 5.74) is 2.34. The number of rotatable bonds is 3. The first-order valence-corrected chi connectivity index (χ1v) is 5.49. The molecule has 0 fully saturated rings. The summed E-state index contributed by atoms with van der Waals surface area (Å²) >= 11 is 0. The van der Waals surface area contributed by atoms with Gasteiger partial charge in [0.05, 0.1) is 17.6 Å². The van der Waals surface area contributed by atoms with Crippen molar-refractivity contribution < 1.29 is 14.3 Å². The Morgan fingerprint density at radius 2 is 2.17 bits per heavy atom. The van der Waals surface area contributed by atoms with Gasteiger partial charge >= 0.3 is 5.97 Å². The molecular weight excluding hydrogens is 235 g/mol. The van der Waals surface area contributed by atoms with E-state index in [1.54, 1.807) is 12.4 Å². The van der Waals surface area contributed by atoms with E-state index in [1.807, 2.05) is 18.4 Å². The van der Waals surface area contributed by atoms with Crippen molar-refractivity contribution >= 4 is 5.97 Å². The number of aryl methyl sites for hydroxylation is 1. The summed E-state index contributed by atoms with van der Waals surface area (Å²) in [5, 5.41) is 8.74. The normalized spacial score (nSPS) is 10.6. The van der Waals surface area contributed by atoms with Crippen LogP contribution in [-0.4, -0.2) is 20.6 Å². The molecule has 1 aromatic carbocycles. The number of nitrogens with zero attached hydrogens (tertiary/aromatic N) is 2. The Morgan fingerprint density at radius 1 is 1.44 bits per heavy atom. The third-order valence-electron chi connectivity index (χ3n) is 2.96. The monoisotopic (exact) mass is 248 g/mol. The van der Waals surface area contributed by atoms with Gasteiger partial charge in [-0.3, -0.25) is 0 Å². The molecule has 0 unspecified atom stereocenters. The zero-order chi connectivity index (χ0) is 13.3. The van der Waals surface area contributed by atoms with Crippen LogP contribution in [0.15, 0.2) is 24.5 Å². The first-order valence-electron chi connectivity index (χ1n) is 5.49. The molecule has 18 heavy (non-hydrogen) atoms. The topological polar surface area (TPSA) is 55.1 Å². The van der Waals surface area contributed by atoms with Gasteiger partial charge in [-0.1, -0.05) is 6.07 Å². The van der Waals surface area contributed by atoms with E-state index < -0.39 is 11.8 Å². The van der Waals surface area contributed by atoms with E-state index in [0.29, 0.717) is 12.1 Å². The summed E-state index contributed by atoms with van der Waals surface area (Å²) in [6, 6.07) is 4.14. The fraction of sp³-hybridized carbons (Fsp3) is 0.231. The van der Waals surface area contributed by atoms with Crippen LogP contribution in [0, 0.1) is 19.7 Å². The van der Waals surface area contributed by atoms with Gasteiger partial charge in [0.25, 0.3) is 0 Å². The van der Waals surface area contributed by atoms with Crippen LogP contribution < -0.4 is 0 Å². The number of carboxylic acids is 1. The number of hydrogen-bond donors (Lipinski definition) is 1. The number of benzene rings is 1. The van der Waals surface area contributed by atoms with Gasteiger partial charge < -0.3 is 9.67 Å². The highest BCUT2D eigenvalue weighted by Crippen LogP contribution is 2.13. The minimum Gasteiger partial charge on any atom is -0.478 e. The molecule has 0 aliphatic carbocycles. The Bertz CT molecular complexity index is 605. The molecule has 0 radical (unpaired) electrons. The van der Waals surface area contributed by atoms with Crippen molar-refractivity contribution in [3.05, 3.63) is 52.9 Å². The van der Waals surface area contributed by atoms with Gasteiger partial charge in [-0.05, 0) is 31.5 Å². The minimum absolute atomic E-state index is 0.308. The second kappa shape index (κ2) is 4.60.